The highest BCUT2D eigenvalue weighted by atomic mass is 32.2. The highest BCUT2D eigenvalue weighted by molar-refractivity contribution is 7.98. The number of hydrogen-bond donors (Lipinski definition) is 1. The lowest BCUT2D eigenvalue weighted by molar-refractivity contribution is 0.354. The average Bonchev–Trinajstić information content (AvgIpc) is 3.24. The van der Waals surface area contributed by atoms with Gasteiger partial charge in [0.15, 0.2) is 17.3 Å². The van der Waals surface area contributed by atoms with Crippen LogP contribution in [0.3, 0.4) is 0 Å². The number of thioether (sulfide) groups is 1. The number of nitrogens with zero attached hydrogens (tertiary/aromatic N) is 2. The van der Waals surface area contributed by atoms with Crippen LogP contribution in [0, 0.1) is 6.92 Å². The van der Waals surface area contributed by atoms with Gasteiger partial charge in [0.2, 0.25) is 5.16 Å². The first-order valence-electron chi connectivity index (χ1n) is 7.02. The van der Waals surface area contributed by atoms with E-state index in [0.717, 1.165) is 38.7 Å². The lowest BCUT2D eigenvalue weighted by atomic mass is 10.1. The second-order valence-corrected chi connectivity index (χ2v) is 6.76. The van der Waals surface area contributed by atoms with Crippen LogP contribution in [0.15, 0.2) is 34.8 Å². The van der Waals surface area contributed by atoms with Crippen molar-refractivity contribution in [3.05, 3.63) is 40.8 Å². The highest BCUT2D eigenvalue weighted by Gasteiger charge is 2.11. The zero-order chi connectivity index (χ0) is 16.2. The van der Waals surface area contributed by atoms with Crippen molar-refractivity contribution in [3.8, 4) is 22.2 Å². The van der Waals surface area contributed by atoms with Gasteiger partial charge in [-0.15, -0.1) is 16.4 Å². The van der Waals surface area contributed by atoms with Crippen molar-refractivity contribution in [1.29, 1.82) is 0 Å². The first-order valence-corrected chi connectivity index (χ1v) is 8.88. The summed E-state index contributed by atoms with van der Waals surface area (Å²) in [6.07, 6.45) is 0. The van der Waals surface area contributed by atoms with Crippen LogP contribution in [0.5, 0.6) is 11.5 Å². The number of ether oxygens (including phenoxy) is 2. The Labute approximate surface area is 143 Å². The second kappa shape index (κ2) is 7.06. The van der Waals surface area contributed by atoms with Gasteiger partial charge in [0.25, 0.3) is 0 Å². The fourth-order valence-corrected chi connectivity index (χ4v) is 3.68. The summed E-state index contributed by atoms with van der Waals surface area (Å²) < 4.78 is 10.7. The molecule has 0 fully saturated rings. The number of aromatic nitrogens is 3. The van der Waals surface area contributed by atoms with Crippen molar-refractivity contribution in [1.82, 2.24) is 15.2 Å². The van der Waals surface area contributed by atoms with Crippen molar-refractivity contribution in [2.45, 2.75) is 17.8 Å². The zero-order valence-corrected chi connectivity index (χ0v) is 14.8. The molecule has 2 heterocycles. The van der Waals surface area contributed by atoms with Gasteiger partial charge in [0.1, 0.15) is 0 Å². The van der Waals surface area contributed by atoms with E-state index in [-0.39, 0.29) is 0 Å². The van der Waals surface area contributed by atoms with Gasteiger partial charge in [-0.05, 0) is 41.6 Å². The minimum absolute atomic E-state index is 0.739. The monoisotopic (exact) mass is 347 g/mol. The van der Waals surface area contributed by atoms with Gasteiger partial charge in [0.05, 0.1) is 19.1 Å². The Morgan fingerprint density at radius 2 is 2.00 bits per heavy atom. The molecule has 1 N–H and O–H groups in total. The fraction of sp³-hybridized carbons (Fsp3) is 0.250. The molecular weight excluding hydrogens is 330 g/mol. The first kappa shape index (κ1) is 15.9. The third kappa shape index (κ3) is 3.51. The van der Waals surface area contributed by atoms with Gasteiger partial charge in [-0.25, -0.2) is 4.98 Å². The van der Waals surface area contributed by atoms with Crippen molar-refractivity contribution < 1.29 is 9.47 Å². The largest absolute Gasteiger partial charge is 0.493 e. The van der Waals surface area contributed by atoms with E-state index in [1.54, 1.807) is 37.3 Å². The number of hydrogen-bond acceptors (Lipinski definition) is 6. The van der Waals surface area contributed by atoms with Crippen molar-refractivity contribution in [2.24, 2.45) is 0 Å². The third-order valence-electron chi connectivity index (χ3n) is 3.42. The van der Waals surface area contributed by atoms with E-state index < -0.39 is 0 Å². The number of aryl methyl sites for hydroxylation is 1. The molecule has 0 unspecified atom stereocenters. The maximum Gasteiger partial charge on any atom is 0.209 e. The molecule has 0 aliphatic carbocycles. The van der Waals surface area contributed by atoms with Crippen LogP contribution in [0.25, 0.3) is 10.7 Å². The van der Waals surface area contributed by atoms with Crippen LogP contribution in [0.2, 0.25) is 0 Å². The SMILES string of the molecule is COc1cc(C)c(CSc2n[nH]c(-c3cccs3)n2)cc1OC. The summed E-state index contributed by atoms with van der Waals surface area (Å²) in [7, 11) is 3.29. The van der Waals surface area contributed by atoms with Crippen LogP contribution in [0.1, 0.15) is 11.1 Å². The topological polar surface area (TPSA) is 60.0 Å². The van der Waals surface area contributed by atoms with E-state index in [1.165, 1.54) is 5.56 Å². The Kier molecular flexibility index (Phi) is 4.88. The van der Waals surface area contributed by atoms with E-state index >= 15 is 0 Å². The molecule has 0 saturated heterocycles. The number of H-pyrrole nitrogens is 1. The number of rotatable bonds is 6. The number of aromatic amines is 1. The van der Waals surface area contributed by atoms with Crippen molar-refractivity contribution >= 4 is 23.1 Å². The molecule has 2 aromatic heterocycles. The molecule has 0 atom stereocenters. The molecule has 7 heteroatoms. The quantitative estimate of drug-likeness (QED) is 0.679. The van der Waals surface area contributed by atoms with E-state index in [0.29, 0.717) is 0 Å². The van der Waals surface area contributed by atoms with Crippen LogP contribution in [-0.2, 0) is 5.75 Å². The molecule has 120 valence electrons. The van der Waals surface area contributed by atoms with Crippen LogP contribution >= 0.6 is 23.1 Å². The van der Waals surface area contributed by atoms with Gasteiger partial charge in [0, 0.05) is 5.75 Å². The summed E-state index contributed by atoms with van der Waals surface area (Å²) >= 11 is 3.24. The summed E-state index contributed by atoms with van der Waals surface area (Å²) in [5, 5.41) is 10.0. The lowest BCUT2D eigenvalue weighted by Crippen LogP contribution is -1.95. The molecule has 0 spiro atoms. The summed E-state index contributed by atoms with van der Waals surface area (Å²) in [6, 6.07) is 8.03. The zero-order valence-electron chi connectivity index (χ0n) is 13.1. The average molecular weight is 347 g/mol. The van der Waals surface area contributed by atoms with Gasteiger partial charge < -0.3 is 9.47 Å². The molecule has 0 radical (unpaired) electrons. The van der Waals surface area contributed by atoms with Gasteiger partial charge >= 0.3 is 0 Å². The third-order valence-corrected chi connectivity index (χ3v) is 5.19. The highest BCUT2D eigenvalue weighted by Crippen LogP contribution is 2.33. The maximum absolute atomic E-state index is 5.37. The minimum Gasteiger partial charge on any atom is -0.493 e. The standard InChI is InChI=1S/C16H17N3O2S2/c1-10-7-12(20-2)13(21-3)8-11(10)9-23-16-17-15(18-19-16)14-5-4-6-22-14/h4-8H,9H2,1-3H3,(H,17,18,19). The Morgan fingerprint density at radius 3 is 2.70 bits per heavy atom. The summed E-state index contributed by atoms with van der Waals surface area (Å²) in [5.74, 6) is 3.07. The molecule has 3 rings (SSSR count). The number of methoxy groups -OCH3 is 2. The van der Waals surface area contributed by atoms with E-state index in [1.807, 2.05) is 29.6 Å². The van der Waals surface area contributed by atoms with Crippen LogP contribution in [-0.4, -0.2) is 29.4 Å². The van der Waals surface area contributed by atoms with Crippen molar-refractivity contribution in [2.75, 3.05) is 14.2 Å². The fourth-order valence-electron chi connectivity index (χ4n) is 2.15. The second-order valence-electron chi connectivity index (χ2n) is 4.87. The normalized spacial score (nSPS) is 10.7. The van der Waals surface area contributed by atoms with Gasteiger partial charge in [-0.2, -0.15) is 0 Å². The number of thiophene rings is 1. The van der Waals surface area contributed by atoms with Crippen LogP contribution < -0.4 is 9.47 Å². The first-order chi connectivity index (χ1) is 11.2. The predicted molar refractivity (Wildman–Crippen MR) is 93.5 cm³/mol. The Balaban J connectivity index is 1.73. The van der Waals surface area contributed by atoms with E-state index in [2.05, 4.69) is 22.1 Å². The molecule has 23 heavy (non-hydrogen) atoms. The van der Waals surface area contributed by atoms with Gasteiger partial charge in [-0.1, -0.05) is 17.8 Å². The summed E-state index contributed by atoms with van der Waals surface area (Å²) in [5.41, 5.74) is 2.33. The minimum atomic E-state index is 0.739. The molecule has 3 aromatic rings. The Morgan fingerprint density at radius 1 is 1.22 bits per heavy atom. The number of nitrogens with one attached hydrogen (secondary N) is 1. The Bertz CT molecular complexity index is 785. The smallest absolute Gasteiger partial charge is 0.209 e. The van der Waals surface area contributed by atoms with Crippen molar-refractivity contribution in [3.63, 3.8) is 0 Å². The molecule has 0 aliphatic rings. The molecular formula is C16H17N3O2S2. The van der Waals surface area contributed by atoms with E-state index in [4.69, 9.17) is 9.47 Å². The molecule has 5 nitrogen and oxygen atoms in total. The molecule has 0 aliphatic heterocycles. The van der Waals surface area contributed by atoms with Crippen LogP contribution in [0.4, 0.5) is 0 Å². The molecule has 1 aromatic carbocycles. The molecule has 0 saturated carbocycles. The summed E-state index contributed by atoms with van der Waals surface area (Å²) in [4.78, 5) is 5.61. The Hall–Kier alpha value is -1.99. The number of benzene rings is 1. The predicted octanol–water partition coefficient (Wildman–Crippen LogP) is 4.15. The lowest BCUT2D eigenvalue weighted by Gasteiger charge is -2.12. The molecule has 0 bridgehead atoms. The summed E-state index contributed by atoms with van der Waals surface area (Å²) in [6.45, 7) is 2.06. The van der Waals surface area contributed by atoms with E-state index in [9.17, 15) is 0 Å². The maximum atomic E-state index is 5.37. The molecule has 0 amide bonds. The van der Waals surface area contributed by atoms with Gasteiger partial charge in [-0.3, -0.25) is 5.10 Å².